The normalized spacial score (nSPS) is 19.4. The van der Waals surface area contributed by atoms with Crippen molar-refractivity contribution in [2.24, 2.45) is 5.92 Å². The summed E-state index contributed by atoms with van der Waals surface area (Å²) < 4.78 is 0. The second-order valence-electron chi connectivity index (χ2n) is 5.92. The fourth-order valence-corrected chi connectivity index (χ4v) is 2.47. The van der Waals surface area contributed by atoms with Crippen LogP contribution >= 0.6 is 0 Å². The van der Waals surface area contributed by atoms with Gasteiger partial charge in [0.2, 0.25) is 0 Å². The maximum Gasteiger partial charge on any atom is 0.184 e. The number of nitrogens with zero attached hydrogens (tertiary/aromatic N) is 1. The Bertz CT molecular complexity index is 547. The number of allylic oxidation sites excluding steroid dienone is 3. The van der Waals surface area contributed by atoms with Gasteiger partial charge in [-0.2, -0.15) is 0 Å². The first-order valence-corrected chi connectivity index (χ1v) is 7.20. The minimum absolute atomic E-state index is 0.232. The van der Waals surface area contributed by atoms with Crippen LogP contribution in [0.2, 0.25) is 0 Å². The Kier molecular flexibility index (Phi) is 4.43. The number of ketones is 1. The molecule has 0 aromatic heterocycles. The monoisotopic (exact) mass is 269 g/mol. The maximum atomic E-state index is 12.3. The molecule has 2 rings (SSSR count). The summed E-state index contributed by atoms with van der Waals surface area (Å²) in [6.07, 6.45) is 5.88. The molecule has 1 saturated carbocycles. The fraction of sp³-hybridized carbons (Fsp3) is 0.389. The molecule has 0 atom stereocenters. The molecule has 1 aliphatic rings. The van der Waals surface area contributed by atoms with Crippen LogP contribution in [0.5, 0.6) is 0 Å². The fourth-order valence-electron chi connectivity index (χ4n) is 2.47. The van der Waals surface area contributed by atoms with Gasteiger partial charge in [0.1, 0.15) is 0 Å². The highest BCUT2D eigenvalue weighted by Gasteiger charge is 2.22. The van der Waals surface area contributed by atoms with Gasteiger partial charge in [0, 0.05) is 25.4 Å². The summed E-state index contributed by atoms with van der Waals surface area (Å²) in [5.74, 6) is 0.670. The molecule has 1 aromatic rings. The molecule has 0 bridgehead atoms. The number of carbonyl (C=O) groups excluding carboxylic acids is 1. The zero-order valence-corrected chi connectivity index (χ0v) is 12.8. The zero-order chi connectivity index (χ0) is 14.7. The first-order chi connectivity index (χ1) is 9.47. The van der Waals surface area contributed by atoms with E-state index >= 15 is 0 Å². The summed E-state index contributed by atoms with van der Waals surface area (Å²) in [6.45, 7) is 4.23. The first kappa shape index (κ1) is 14.6. The summed E-state index contributed by atoms with van der Waals surface area (Å²) >= 11 is 0. The predicted octanol–water partition coefficient (Wildman–Crippen LogP) is 4.08. The molecule has 1 fully saturated rings. The van der Waals surface area contributed by atoms with Crippen LogP contribution < -0.4 is 4.90 Å². The minimum Gasteiger partial charge on any atom is -0.378 e. The number of hydrogen-bond donors (Lipinski definition) is 0. The van der Waals surface area contributed by atoms with E-state index < -0.39 is 0 Å². The third-order valence-electron chi connectivity index (χ3n) is 3.53. The highest BCUT2D eigenvalue weighted by molar-refractivity contribution is 6.13. The minimum atomic E-state index is 0.232. The van der Waals surface area contributed by atoms with Gasteiger partial charge in [0.25, 0.3) is 0 Å². The molecule has 0 N–H and O–H groups in total. The highest BCUT2D eigenvalue weighted by atomic mass is 16.1. The van der Waals surface area contributed by atoms with E-state index in [0.717, 1.165) is 29.6 Å². The molecule has 0 amide bonds. The Morgan fingerprint density at radius 2 is 1.65 bits per heavy atom. The molecule has 1 aromatic carbocycles. The first-order valence-electron chi connectivity index (χ1n) is 7.20. The van der Waals surface area contributed by atoms with Gasteiger partial charge < -0.3 is 4.90 Å². The molecule has 20 heavy (non-hydrogen) atoms. The van der Waals surface area contributed by atoms with Crippen LogP contribution in [-0.2, 0) is 4.79 Å². The van der Waals surface area contributed by atoms with E-state index in [2.05, 4.69) is 49.1 Å². The molecular formula is C18H23NO. The summed E-state index contributed by atoms with van der Waals surface area (Å²) in [6, 6.07) is 8.30. The van der Waals surface area contributed by atoms with Crippen molar-refractivity contribution < 1.29 is 4.79 Å². The van der Waals surface area contributed by atoms with Gasteiger partial charge in [-0.25, -0.2) is 0 Å². The predicted molar refractivity (Wildman–Crippen MR) is 85.9 cm³/mol. The summed E-state index contributed by atoms with van der Waals surface area (Å²) in [7, 11) is 4.05. The standard InChI is InChI=1S/C18H23NO/c1-13(2)11-15-7-8-16(18(15)20)12-14-5-9-17(10-6-14)19(3)4/h5-6,9-13H,7-8H2,1-4H3/b15-11+,16-12+. The van der Waals surface area contributed by atoms with Crippen molar-refractivity contribution in [1.82, 2.24) is 0 Å². The molecule has 0 unspecified atom stereocenters. The Morgan fingerprint density at radius 3 is 2.20 bits per heavy atom. The van der Waals surface area contributed by atoms with Gasteiger partial charge in [-0.15, -0.1) is 0 Å². The van der Waals surface area contributed by atoms with Crippen molar-refractivity contribution >= 4 is 17.5 Å². The molecule has 1 aliphatic carbocycles. The Morgan fingerprint density at radius 1 is 1.05 bits per heavy atom. The number of rotatable bonds is 3. The van der Waals surface area contributed by atoms with Crippen molar-refractivity contribution in [2.45, 2.75) is 26.7 Å². The lowest BCUT2D eigenvalue weighted by molar-refractivity contribution is -0.111. The number of Topliss-reactive ketones (excluding diaryl/α,β-unsaturated/α-hetero) is 1. The van der Waals surface area contributed by atoms with Crippen LogP contribution in [0.4, 0.5) is 5.69 Å². The lowest BCUT2D eigenvalue weighted by atomic mass is 10.1. The number of hydrogen-bond acceptors (Lipinski definition) is 2. The zero-order valence-electron chi connectivity index (χ0n) is 12.8. The molecule has 106 valence electrons. The van der Waals surface area contributed by atoms with Crippen LogP contribution in [0.15, 0.2) is 41.5 Å². The average molecular weight is 269 g/mol. The van der Waals surface area contributed by atoms with Gasteiger partial charge in [0.15, 0.2) is 5.78 Å². The number of carbonyl (C=O) groups is 1. The van der Waals surface area contributed by atoms with Crippen LogP contribution in [0, 0.1) is 5.92 Å². The lowest BCUT2D eigenvalue weighted by Crippen LogP contribution is -2.07. The van der Waals surface area contributed by atoms with Crippen LogP contribution in [0.25, 0.3) is 6.08 Å². The van der Waals surface area contributed by atoms with Crippen molar-refractivity contribution in [3.05, 3.63) is 47.1 Å². The van der Waals surface area contributed by atoms with Gasteiger partial charge in [-0.3, -0.25) is 4.79 Å². The molecule has 2 nitrogen and oxygen atoms in total. The van der Waals surface area contributed by atoms with E-state index in [1.165, 1.54) is 5.69 Å². The topological polar surface area (TPSA) is 20.3 Å². The summed E-state index contributed by atoms with van der Waals surface area (Å²) in [5.41, 5.74) is 4.20. The van der Waals surface area contributed by atoms with E-state index in [4.69, 9.17) is 0 Å². The molecule has 0 radical (unpaired) electrons. The molecule has 0 heterocycles. The quantitative estimate of drug-likeness (QED) is 0.771. The molecule has 0 aliphatic heterocycles. The SMILES string of the molecule is CC(C)/C=C1\CC/C(=C\c2ccc(N(C)C)cc2)C1=O. The highest BCUT2D eigenvalue weighted by Crippen LogP contribution is 2.29. The van der Waals surface area contributed by atoms with Gasteiger partial charge in [-0.05, 0) is 48.1 Å². The molecular weight excluding hydrogens is 246 g/mol. The van der Waals surface area contributed by atoms with E-state index in [0.29, 0.717) is 5.92 Å². The van der Waals surface area contributed by atoms with Crippen molar-refractivity contribution in [2.75, 3.05) is 19.0 Å². The van der Waals surface area contributed by atoms with Crippen LogP contribution in [-0.4, -0.2) is 19.9 Å². The summed E-state index contributed by atoms with van der Waals surface area (Å²) in [4.78, 5) is 14.3. The lowest BCUT2D eigenvalue weighted by Gasteiger charge is -2.11. The second kappa shape index (κ2) is 6.08. The Balaban J connectivity index is 2.18. The van der Waals surface area contributed by atoms with E-state index in [1.807, 2.05) is 20.2 Å². The molecule has 2 heteroatoms. The maximum absolute atomic E-state index is 12.3. The van der Waals surface area contributed by atoms with Gasteiger partial charge >= 0.3 is 0 Å². The van der Waals surface area contributed by atoms with Crippen LogP contribution in [0.3, 0.4) is 0 Å². The van der Waals surface area contributed by atoms with Crippen LogP contribution in [0.1, 0.15) is 32.3 Å². The third-order valence-corrected chi connectivity index (χ3v) is 3.53. The van der Waals surface area contributed by atoms with E-state index in [-0.39, 0.29) is 5.78 Å². The Labute approximate surface area is 121 Å². The van der Waals surface area contributed by atoms with Gasteiger partial charge in [-0.1, -0.05) is 32.1 Å². The molecule has 0 spiro atoms. The number of benzene rings is 1. The average Bonchev–Trinajstić information content (AvgIpc) is 2.71. The molecule has 0 saturated heterocycles. The van der Waals surface area contributed by atoms with Gasteiger partial charge in [0.05, 0.1) is 0 Å². The second-order valence-corrected chi connectivity index (χ2v) is 5.92. The Hall–Kier alpha value is -1.83. The third kappa shape index (κ3) is 3.38. The largest absolute Gasteiger partial charge is 0.378 e. The van der Waals surface area contributed by atoms with Crippen molar-refractivity contribution in [1.29, 1.82) is 0 Å². The smallest absolute Gasteiger partial charge is 0.184 e. The van der Waals surface area contributed by atoms with Crippen molar-refractivity contribution in [3.8, 4) is 0 Å². The van der Waals surface area contributed by atoms with Crippen molar-refractivity contribution in [3.63, 3.8) is 0 Å². The number of anilines is 1. The van der Waals surface area contributed by atoms with E-state index in [9.17, 15) is 4.79 Å². The summed E-state index contributed by atoms with van der Waals surface area (Å²) in [5, 5.41) is 0. The van der Waals surface area contributed by atoms with E-state index in [1.54, 1.807) is 0 Å².